The first-order valence-corrected chi connectivity index (χ1v) is 10.1. The molecule has 4 heterocycles. The number of pyridine rings is 2. The predicted octanol–water partition coefficient (Wildman–Crippen LogP) is 2.06. The van der Waals surface area contributed by atoms with Gasteiger partial charge in [0.1, 0.15) is 11.3 Å². The first kappa shape index (κ1) is 19.0. The summed E-state index contributed by atoms with van der Waals surface area (Å²) in [6.45, 7) is 0.680. The summed E-state index contributed by atoms with van der Waals surface area (Å²) in [6, 6.07) is 7.97. The molecule has 0 aliphatic heterocycles. The summed E-state index contributed by atoms with van der Waals surface area (Å²) in [5.74, 6) is 5.70. The second kappa shape index (κ2) is 8.02. The third-order valence-corrected chi connectivity index (χ3v) is 5.31. The molecule has 4 aromatic rings. The third-order valence-electron chi connectivity index (χ3n) is 5.31. The van der Waals surface area contributed by atoms with E-state index in [0.717, 1.165) is 22.6 Å². The fourth-order valence-corrected chi connectivity index (χ4v) is 3.52. The van der Waals surface area contributed by atoms with E-state index in [0.29, 0.717) is 19.0 Å². The molecule has 1 saturated carbocycles. The Bertz CT molecular complexity index is 1310. The van der Waals surface area contributed by atoms with Crippen LogP contribution in [0.3, 0.4) is 0 Å². The standard InChI is InChI=1S/C22H22N8O/c23-28-19(22(31)26-9-15-1-5-20-25-7-8-29(20)12-15)11-24-10-18-14-30-13-17(16-2-3-16)4-6-21(30)27-18/h1,4-8,11-14,16H,2-3,9-10,23H2,(H,26,31)/b24-11?,28-19+. The van der Waals surface area contributed by atoms with Crippen LogP contribution in [0.15, 0.2) is 65.3 Å². The number of nitrogens with one attached hydrogen (secondary N) is 1. The number of hydrogen-bond donors (Lipinski definition) is 2. The first-order chi connectivity index (χ1) is 15.2. The monoisotopic (exact) mass is 414 g/mol. The third kappa shape index (κ3) is 4.16. The first-order valence-electron chi connectivity index (χ1n) is 10.1. The molecule has 0 unspecified atom stereocenters. The number of aliphatic imine (C=N–C) groups is 1. The normalized spacial score (nSPS) is 14.6. The minimum absolute atomic E-state index is 0.0588. The summed E-state index contributed by atoms with van der Waals surface area (Å²) < 4.78 is 3.92. The second-order valence-electron chi connectivity index (χ2n) is 7.63. The van der Waals surface area contributed by atoms with Gasteiger partial charge in [0.05, 0.1) is 18.5 Å². The Balaban J connectivity index is 1.19. The van der Waals surface area contributed by atoms with Crippen LogP contribution in [0, 0.1) is 0 Å². The van der Waals surface area contributed by atoms with Crippen molar-refractivity contribution in [3.8, 4) is 0 Å². The number of nitrogens with zero attached hydrogens (tertiary/aromatic N) is 6. The molecule has 31 heavy (non-hydrogen) atoms. The fourth-order valence-electron chi connectivity index (χ4n) is 3.52. The van der Waals surface area contributed by atoms with E-state index < -0.39 is 0 Å². The number of amides is 1. The van der Waals surface area contributed by atoms with Gasteiger partial charge in [-0.05, 0) is 42.0 Å². The van der Waals surface area contributed by atoms with Crippen molar-refractivity contribution in [2.45, 2.75) is 31.8 Å². The molecule has 1 aliphatic rings. The van der Waals surface area contributed by atoms with Gasteiger partial charge in [0.25, 0.3) is 5.91 Å². The van der Waals surface area contributed by atoms with Gasteiger partial charge < -0.3 is 20.0 Å². The number of carbonyl (C=O) groups is 1. The molecule has 156 valence electrons. The summed E-state index contributed by atoms with van der Waals surface area (Å²) in [5, 5.41) is 6.37. The lowest BCUT2D eigenvalue weighted by Crippen LogP contribution is -2.32. The van der Waals surface area contributed by atoms with Gasteiger partial charge in [0.2, 0.25) is 0 Å². The number of rotatable bonds is 7. The summed E-state index contributed by atoms with van der Waals surface area (Å²) in [7, 11) is 0. The summed E-state index contributed by atoms with van der Waals surface area (Å²) in [5.41, 5.74) is 4.89. The van der Waals surface area contributed by atoms with Crippen LogP contribution in [0.25, 0.3) is 11.3 Å². The lowest BCUT2D eigenvalue weighted by molar-refractivity contribution is -0.114. The Morgan fingerprint density at radius 1 is 1.16 bits per heavy atom. The zero-order valence-corrected chi connectivity index (χ0v) is 16.8. The van der Waals surface area contributed by atoms with Crippen molar-refractivity contribution in [3.63, 3.8) is 0 Å². The average molecular weight is 414 g/mol. The van der Waals surface area contributed by atoms with Crippen LogP contribution in [0.1, 0.15) is 35.6 Å². The second-order valence-corrected chi connectivity index (χ2v) is 7.63. The number of nitrogens with two attached hydrogens (primary N) is 1. The van der Waals surface area contributed by atoms with Gasteiger partial charge in [-0.3, -0.25) is 9.79 Å². The SMILES string of the molecule is N/N=C(\C=NCc1cn2cc(C3CC3)ccc2n1)C(=O)NCc1ccc2nccn2c1. The van der Waals surface area contributed by atoms with E-state index in [1.54, 1.807) is 6.20 Å². The molecule has 3 N–H and O–H groups in total. The van der Waals surface area contributed by atoms with E-state index in [4.69, 9.17) is 5.84 Å². The Labute approximate surface area is 178 Å². The quantitative estimate of drug-likeness (QED) is 0.274. The average Bonchev–Trinajstić information content (AvgIpc) is 3.39. The molecular formula is C22H22N8O. The molecule has 9 heteroatoms. The molecule has 0 saturated heterocycles. The Kier molecular flexibility index (Phi) is 4.91. The molecule has 0 atom stereocenters. The van der Waals surface area contributed by atoms with Gasteiger partial charge in [-0.25, -0.2) is 9.97 Å². The maximum atomic E-state index is 12.4. The van der Waals surface area contributed by atoms with Crippen molar-refractivity contribution in [2.24, 2.45) is 15.9 Å². The van der Waals surface area contributed by atoms with Gasteiger partial charge in [-0.2, -0.15) is 5.10 Å². The number of carbonyl (C=O) groups excluding carboxylic acids is 1. The zero-order chi connectivity index (χ0) is 21.2. The Morgan fingerprint density at radius 3 is 2.87 bits per heavy atom. The van der Waals surface area contributed by atoms with E-state index in [2.05, 4.69) is 37.6 Å². The minimum Gasteiger partial charge on any atom is -0.346 e. The van der Waals surface area contributed by atoms with Gasteiger partial charge in [0.15, 0.2) is 5.71 Å². The molecule has 1 fully saturated rings. The number of hydrazone groups is 1. The lowest BCUT2D eigenvalue weighted by atomic mass is 10.2. The number of aromatic nitrogens is 4. The van der Waals surface area contributed by atoms with Gasteiger partial charge >= 0.3 is 0 Å². The van der Waals surface area contributed by atoms with Crippen LogP contribution < -0.4 is 11.2 Å². The van der Waals surface area contributed by atoms with Crippen LogP contribution in [0.5, 0.6) is 0 Å². The molecule has 1 amide bonds. The Morgan fingerprint density at radius 2 is 2.03 bits per heavy atom. The maximum absolute atomic E-state index is 12.4. The van der Waals surface area contributed by atoms with E-state index in [-0.39, 0.29) is 11.6 Å². The molecule has 0 radical (unpaired) electrons. The highest BCUT2D eigenvalue weighted by atomic mass is 16.1. The number of imidazole rings is 2. The van der Waals surface area contributed by atoms with E-state index in [9.17, 15) is 4.79 Å². The molecule has 0 spiro atoms. The molecule has 1 aliphatic carbocycles. The summed E-state index contributed by atoms with van der Waals surface area (Å²) in [6.07, 6.45) is 13.5. The van der Waals surface area contributed by atoms with Crippen LogP contribution in [0.2, 0.25) is 0 Å². The van der Waals surface area contributed by atoms with Crippen LogP contribution in [-0.2, 0) is 17.9 Å². The number of hydrogen-bond acceptors (Lipinski definition) is 6. The van der Waals surface area contributed by atoms with Gasteiger partial charge in [-0.1, -0.05) is 12.1 Å². The van der Waals surface area contributed by atoms with E-state index >= 15 is 0 Å². The molecule has 0 bridgehead atoms. The van der Waals surface area contributed by atoms with Crippen molar-refractivity contribution in [2.75, 3.05) is 0 Å². The molecular weight excluding hydrogens is 392 g/mol. The fraction of sp³-hybridized carbons (Fsp3) is 0.227. The molecule has 0 aromatic carbocycles. The topological polar surface area (TPSA) is 114 Å². The zero-order valence-electron chi connectivity index (χ0n) is 16.8. The smallest absolute Gasteiger partial charge is 0.273 e. The largest absolute Gasteiger partial charge is 0.346 e. The highest BCUT2D eigenvalue weighted by Crippen LogP contribution is 2.39. The van der Waals surface area contributed by atoms with Crippen LogP contribution >= 0.6 is 0 Å². The van der Waals surface area contributed by atoms with Crippen molar-refractivity contribution in [3.05, 3.63) is 72.1 Å². The summed E-state index contributed by atoms with van der Waals surface area (Å²) in [4.78, 5) is 25.5. The van der Waals surface area contributed by atoms with Gasteiger partial charge in [-0.15, -0.1) is 0 Å². The highest BCUT2D eigenvalue weighted by molar-refractivity contribution is 6.60. The minimum atomic E-state index is -0.388. The summed E-state index contributed by atoms with van der Waals surface area (Å²) >= 11 is 0. The van der Waals surface area contributed by atoms with Crippen molar-refractivity contribution in [1.29, 1.82) is 0 Å². The molecule has 9 nitrogen and oxygen atoms in total. The lowest BCUT2D eigenvalue weighted by Gasteiger charge is -2.05. The van der Waals surface area contributed by atoms with Crippen molar-refractivity contribution < 1.29 is 4.79 Å². The van der Waals surface area contributed by atoms with Crippen LogP contribution in [0.4, 0.5) is 0 Å². The molecule has 5 rings (SSSR count). The maximum Gasteiger partial charge on any atom is 0.273 e. The number of fused-ring (bicyclic) bond motifs is 2. The Hall–Kier alpha value is -4.01. The highest BCUT2D eigenvalue weighted by Gasteiger charge is 2.23. The van der Waals surface area contributed by atoms with E-state index in [1.165, 1.54) is 24.6 Å². The molecule has 4 aromatic heterocycles. The van der Waals surface area contributed by atoms with Crippen molar-refractivity contribution >= 4 is 29.1 Å². The van der Waals surface area contributed by atoms with Crippen LogP contribution in [-0.4, -0.2) is 36.6 Å². The van der Waals surface area contributed by atoms with E-state index in [1.807, 2.05) is 45.6 Å². The van der Waals surface area contributed by atoms with Gasteiger partial charge in [0, 0.05) is 37.5 Å². The predicted molar refractivity (Wildman–Crippen MR) is 118 cm³/mol. The van der Waals surface area contributed by atoms with Crippen molar-refractivity contribution in [1.82, 2.24) is 24.1 Å².